The summed E-state index contributed by atoms with van der Waals surface area (Å²) in [4.78, 5) is 13.4. The number of nitrogens with one attached hydrogen (secondary N) is 1. The molecule has 5 nitrogen and oxygen atoms in total. The summed E-state index contributed by atoms with van der Waals surface area (Å²) in [5.74, 6) is -0.135. The van der Waals surface area contributed by atoms with E-state index in [2.05, 4.69) is 5.32 Å². The minimum atomic E-state index is -3.35. The maximum atomic E-state index is 12.4. The predicted octanol–water partition coefficient (Wildman–Crippen LogP) is 3.51. The topological polar surface area (TPSA) is 66.5 Å². The molecule has 1 amide bonds. The molecular formula is C18H22N2O3S2. The first-order valence-electron chi connectivity index (χ1n) is 7.75. The predicted molar refractivity (Wildman–Crippen MR) is 105 cm³/mol. The summed E-state index contributed by atoms with van der Waals surface area (Å²) >= 11 is 1.48. The molecular weight excluding hydrogens is 356 g/mol. The Balaban J connectivity index is 2.06. The average Bonchev–Trinajstić information content (AvgIpc) is 2.55. The van der Waals surface area contributed by atoms with E-state index in [1.807, 2.05) is 38.1 Å². The fraction of sp³-hybridized carbons (Fsp3) is 0.278. The highest BCUT2D eigenvalue weighted by molar-refractivity contribution is 8.00. The Morgan fingerprint density at radius 3 is 2.40 bits per heavy atom. The number of rotatable bonds is 6. The number of hydrogen-bond acceptors (Lipinski definition) is 4. The van der Waals surface area contributed by atoms with Crippen LogP contribution in [0.4, 0.5) is 11.4 Å². The normalized spacial score (nSPS) is 12.5. The van der Waals surface area contributed by atoms with Gasteiger partial charge >= 0.3 is 0 Å². The van der Waals surface area contributed by atoms with Gasteiger partial charge in [0.25, 0.3) is 0 Å². The van der Waals surface area contributed by atoms with Crippen molar-refractivity contribution < 1.29 is 13.2 Å². The molecule has 0 aromatic heterocycles. The van der Waals surface area contributed by atoms with E-state index in [1.165, 1.54) is 28.7 Å². The number of nitrogens with zero attached hydrogens (tertiary/aromatic N) is 1. The van der Waals surface area contributed by atoms with Gasteiger partial charge in [-0.1, -0.05) is 23.8 Å². The lowest BCUT2D eigenvalue weighted by Crippen LogP contribution is -2.25. The molecule has 7 heteroatoms. The Labute approximate surface area is 153 Å². The second-order valence-electron chi connectivity index (χ2n) is 5.84. The number of anilines is 2. The molecule has 2 aromatic carbocycles. The van der Waals surface area contributed by atoms with Gasteiger partial charge in [-0.25, -0.2) is 8.42 Å². The number of carbonyl (C=O) groups excluding carboxylic acids is 1. The summed E-state index contributed by atoms with van der Waals surface area (Å²) in [6.45, 7) is 3.86. The summed E-state index contributed by atoms with van der Waals surface area (Å²) in [5.41, 5.74) is 2.24. The lowest BCUT2D eigenvalue weighted by molar-refractivity contribution is -0.115. The first-order valence-corrected chi connectivity index (χ1v) is 10.5. The molecule has 0 aliphatic carbocycles. The van der Waals surface area contributed by atoms with Crippen LogP contribution in [0, 0.1) is 6.92 Å². The van der Waals surface area contributed by atoms with Crippen LogP contribution in [0.15, 0.2) is 53.4 Å². The summed E-state index contributed by atoms with van der Waals surface area (Å²) in [7, 11) is -1.87. The van der Waals surface area contributed by atoms with Gasteiger partial charge in [0.1, 0.15) is 0 Å². The SMILES string of the molecule is Cc1ccc(S[C@@H](C)C(=O)Nc2cccc(N(C)S(C)(=O)=O)c2)cc1. The molecule has 0 saturated carbocycles. The van der Waals surface area contributed by atoms with Gasteiger partial charge in [-0.05, 0) is 44.2 Å². The lowest BCUT2D eigenvalue weighted by atomic mass is 10.2. The molecule has 2 rings (SSSR count). The van der Waals surface area contributed by atoms with Gasteiger partial charge in [-0.3, -0.25) is 9.10 Å². The van der Waals surface area contributed by atoms with Crippen molar-refractivity contribution in [1.29, 1.82) is 0 Å². The van der Waals surface area contributed by atoms with E-state index in [0.29, 0.717) is 11.4 Å². The van der Waals surface area contributed by atoms with E-state index in [-0.39, 0.29) is 11.2 Å². The Bertz CT molecular complexity index is 849. The molecule has 0 aliphatic heterocycles. The molecule has 1 atom stereocenters. The summed E-state index contributed by atoms with van der Waals surface area (Å²) < 4.78 is 24.4. The molecule has 25 heavy (non-hydrogen) atoms. The number of benzene rings is 2. The van der Waals surface area contributed by atoms with E-state index >= 15 is 0 Å². The van der Waals surface area contributed by atoms with Crippen LogP contribution >= 0.6 is 11.8 Å². The third-order valence-corrected chi connectivity index (χ3v) is 6.00. The first kappa shape index (κ1) is 19.3. The van der Waals surface area contributed by atoms with Crippen molar-refractivity contribution >= 4 is 39.1 Å². The molecule has 0 aliphatic rings. The molecule has 0 radical (unpaired) electrons. The number of hydrogen-bond donors (Lipinski definition) is 1. The van der Waals surface area contributed by atoms with E-state index in [0.717, 1.165) is 11.2 Å². The Morgan fingerprint density at radius 2 is 1.80 bits per heavy atom. The van der Waals surface area contributed by atoms with Gasteiger partial charge in [-0.15, -0.1) is 11.8 Å². The van der Waals surface area contributed by atoms with Crippen molar-refractivity contribution in [2.75, 3.05) is 22.9 Å². The molecule has 0 unspecified atom stereocenters. The van der Waals surface area contributed by atoms with Crippen molar-refractivity contribution in [3.05, 3.63) is 54.1 Å². The quantitative estimate of drug-likeness (QED) is 0.781. The van der Waals surface area contributed by atoms with E-state index in [9.17, 15) is 13.2 Å². The van der Waals surface area contributed by atoms with Gasteiger partial charge < -0.3 is 5.32 Å². The smallest absolute Gasteiger partial charge is 0.237 e. The van der Waals surface area contributed by atoms with Crippen LogP contribution in [0.3, 0.4) is 0 Å². The number of carbonyl (C=O) groups is 1. The van der Waals surface area contributed by atoms with Crippen LogP contribution < -0.4 is 9.62 Å². The van der Waals surface area contributed by atoms with Crippen molar-refractivity contribution in [1.82, 2.24) is 0 Å². The fourth-order valence-corrected chi connectivity index (χ4v) is 3.45. The number of amides is 1. The van der Waals surface area contributed by atoms with Gasteiger partial charge in [-0.2, -0.15) is 0 Å². The zero-order valence-electron chi connectivity index (χ0n) is 14.7. The van der Waals surface area contributed by atoms with Crippen LogP contribution in [0.1, 0.15) is 12.5 Å². The van der Waals surface area contributed by atoms with Crippen molar-refractivity contribution in [2.45, 2.75) is 24.0 Å². The molecule has 0 bridgehead atoms. The zero-order valence-corrected chi connectivity index (χ0v) is 16.3. The monoisotopic (exact) mass is 378 g/mol. The van der Waals surface area contributed by atoms with E-state index in [4.69, 9.17) is 0 Å². The van der Waals surface area contributed by atoms with Crippen molar-refractivity contribution in [2.24, 2.45) is 0 Å². The number of aryl methyl sites for hydroxylation is 1. The molecule has 0 fully saturated rings. The Morgan fingerprint density at radius 1 is 1.16 bits per heavy atom. The minimum absolute atomic E-state index is 0.135. The lowest BCUT2D eigenvalue weighted by Gasteiger charge is -2.18. The summed E-state index contributed by atoms with van der Waals surface area (Å²) in [5, 5.41) is 2.56. The highest BCUT2D eigenvalue weighted by Gasteiger charge is 2.16. The highest BCUT2D eigenvalue weighted by atomic mass is 32.2. The van der Waals surface area contributed by atoms with Gasteiger partial charge in [0.2, 0.25) is 15.9 Å². The van der Waals surface area contributed by atoms with Crippen LogP contribution in [-0.4, -0.2) is 32.9 Å². The maximum absolute atomic E-state index is 12.4. The molecule has 1 N–H and O–H groups in total. The third-order valence-electron chi connectivity index (χ3n) is 3.68. The van der Waals surface area contributed by atoms with Gasteiger partial charge in [0.05, 0.1) is 17.2 Å². The fourth-order valence-electron chi connectivity index (χ4n) is 2.09. The minimum Gasteiger partial charge on any atom is -0.325 e. The van der Waals surface area contributed by atoms with Crippen LogP contribution in [0.25, 0.3) is 0 Å². The molecule has 134 valence electrons. The second-order valence-corrected chi connectivity index (χ2v) is 9.27. The summed E-state index contributed by atoms with van der Waals surface area (Å²) in [6.07, 6.45) is 1.14. The van der Waals surface area contributed by atoms with Crippen LogP contribution in [0.5, 0.6) is 0 Å². The van der Waals surface area contributed by atoms with Crippen LogP contribution in [-0.2, 0) is 14.8 Å². The average molecular weight is 379 g/mol. The highest BCUT2D eigenvalue weighted by Crippen LogP contribution is 2.25. The zero-order chi connectivity index (χ0) is 18.6. The first-order chi connectivity index (χ1) is 11.7. The van der Waals surface area contributed by atoms with Crippen LogP contribution in [0.2, 0.25) is 0 Å². The Hall–Kier alpha value is -1.99. The molecule has 0 heterocycles. The standard InChI is InChI=1S/C18H22N2O3S2/c1-13-8-10-17(11-9-13)24-14(2)18(21)19-15-6-5-7-16(12-15)20(3)25(4,22)23/h5-12,14H,1-4H3,(H,19,21)/t14-/m0/s1. The van der Waals surface area contributed by atoms with E-state index in [1.54, 1.807) is 24.3 Å². The third kappa shape index (κ3) is 5.51. The van der Waals surface area contributed by atoms with Gasteiger partial charge in [0, 0.05) is 17.6 Å². The molecule has 0 saturated heterocycles. The second kappa shape index (κ2) is 7.93. The van der Waals surface area contributed by atoms with Crippen molar-refractivity contribution in [3.8, 4) is 0 Å². The van der Waals surface area contributed by atoms with Crippen molar-refractivity contribution in [3.63, 3.8) is 0 Å². The largest absolute Gasteiger partial charge is 0.325 e. The molecule has 2 aromatic rings. The van der Waals surface area contributed by atoms with E-state index < -0.39 is 10.0 Å². The number of thioether (sulfide) groups is 1. The maximum Gasteiger partial charge on any atom is 0.237 e. The number of sulfonamides is 1. The summed E-state index contributed by atoms with van der Waals surface area (Å²) in [6, 6.07) is 14.8. The molecule has 0 spiro atoms. The Kier molecular flexibility index (Phi) is 6.13. The van der Waals surface area contributed by atoms with Gasteiger partial charge in [0.15, 0.2) is 0 Å².